The van der Waals surface area contributed by atoms with Gasteiger partial charge in [-0.3, -0.25) is 5.10 Å². The minimum absolute atomic E-state index is 0.205. The van der Waals surface area contributed by atoms with Crippen LogP contribution in [-0.4, -0.2) is 22.8 Å². The van der Waals surface area contributed by atoms with Gasteiger partial charge in [0.1, 0.15) is 5.75 Å². The Labute approximate surface area is 120 Å². The third kappa shape index (κ3) is 3.61. The zero-order valence-corrected chi connectivity index (χ0v) is 12.4. The number of rotatable bonds is 7. The molecule has 1 heterocycles. The number of hydrogen-bond donors (Lipinski definition) is 2. The molecule has 2 rings (SSSR count). The molecule has 4 nitrogen and oxygen atoms in total. The van der Waals surface area contributed by atoms with Crippen molar-refractivity contribution in [3.05, 3.63) is 36.0 Å². The fourth-order valence-electron chi connectivity index (χ4n) is 1.93. The van der Waals surface area contributed by atoms with E-state index in [1.807, 2.05) is 24.3 Å². The number of nitrogens with zero attached hydrogens (tertiary/aromatic N) is 1. The smallest absolute Gasteiger partial charge is 0.129 e. The second kappa shape index (κ2) is 7.10. The number of hydrogen-bond acceptors (Lipinski definition) is 3. The Balaban J connectivity index is 2.21. The largest absolute Gasteiger partial charge is 0.490 e. The van der Waals surface area contributed by atoms with Gasteiger partial charge < -0.3 is 10.1 Å². The third-order valence-electron chi connectivity index (χ3n) is 3.26. The van der Waals surface area contributed by atoms with E-state index >= 15 is 0 Å². The summed E-state index contributed by atoms with van der Waals surface area (Å²) >= 11 is 0. The van der Waals surface area contributed by atoms with Crippen LogP contribution in [0.4, 0.5) is 0 Å². The predicted octanol–water partition coefficient (Wildman–Crippen LogP) is 3.36. The van der Waals surface area contributed by atoms with Crippen molar-refractivity contribution in [3.63, 3.8) is 0 Å². The van der Waals surface area contributed by atoms with Crippen molar-refractivity contribution in [2.75, 3.05) is 6.54 Å². The molecule has 0 saturated heterocycles. The van der Waals surface area contributed by atoms with Crippen LogP contribution in [0.2, 0.25) is 0 Å². The molecule has 0 fully saturated rings. The Morgan fingerprint density at radius 2 is 2.10 bits per heavy atom. The second-order valence-corrected chi connectivity index (χ2v) is 4.89. The molecule has 0 aliphatic heterocycles. The van der Waals surface area contributed by atoms with Crippen molar-refractivity contribution in [1.82, 2.24) is 15.5 Å². The maximum Gasteiger partial charge on any atom is 0.129 e. The highest BCUT2D eigenvalue weighted by Crippen LogP contribution is 2.29. The maximum absolute atomic E-state index is 5.97. The van der Waals surface area contributed by atoms with Crippen molar-refractivity contribution in [3.8, 4) is 17.0 Å². The molecule has 1 aromatic carbocycles. The second-order valence-electron chi connectivity index (χ2n) is 4.89. The Bertz CT molecular complexity index is 536. The fourth-order valence-corrected chi connectivity index (χ4v) is 1.93. The molecule has 0 spiro atoms. The zero-order valence-electron chi connectivity index (χ0n) is 12.4. The molecular weight excluding hydrogens is 250 g/mol. The molecule has 1 unspecified atom stereocenters. The summed E-state index contributed by atoms with van der Waals surface area (Å²) in [6, 6.07) is 10.1. The van der Waals surface area contributed by atoms with Gasteiger partial charge in [0.15, 0.2) is 0 Å². The first-order valence-corrected chi connectivity index (χ1v) is 7.25. The summed E-state index contributed by atoms with van der Waals surface area (Å²) in [5.41, 5.74) is 3.05. The highest BCUT2D eigenvalue weighted by atomic mass is 16.5. The van der Waals surface area contributed by atoms with Crippen LogP contribution in [0, 0.1) is 0 Å². The Kier molecular flexibility index (Phi) is 5.18. The van der Waals surface area contributed by atoms with Gasteiger partial charge in [-0.25, -0.2) is 0 Å². The van der Waals surface area contributed by atoms with Crippen molar-refractivity contribution < 1.29 is 4.74 Å². The van der Waals surface area contributed by atoms with Gasteiger partial charge in [-0.2, -0.15) is 5.10 Å². The molecule has 0 aliphatic carbocycles. The fraction of sp³-hybridized carbons (Fsp3) is 0.438. The van der Waals surface area contributed by atoms with Crippen LogP contribution in [0.5, 0.6) is 5.75 Å². The lowest BCUT2D eigenvalue weighted by atomic mass is 10.1. The van der Waals surface area contributed by atoms with Crippen molar-refractivity contribution in [2.45, 2.75) is 39.8 Å². The van der Waals surface area contributed by atoms with E-state index in [2.05, 4.69) is 42.4 Å². The molecule has 0 saturated carbocycles. The van der Waals surface area contributed by atoms with E-state index in [0.717, 1.165) is 42.2 Å². The zero-order chi connectivity index (χ0) is 14.4. The molecule has 2 N–H and O–H groups in total. The molecule has 1 atom stereocenters. The third-order valence-corrected chi connectivity index (χ3v) is 3.26. The average Bonchev–Trinajstić information content (AvgIpc) is 2.94. The van der Waals surface area contributed by atoms with Crippen LogP contribution in [0.1, 0.15) is 32.9 Å². The standard InChI is InChI=1S/C16H23N3O/c1-4-12(3)20-16-9-7-6-8-14(16)15-10-13(18-19-15)11-17-5-2/h6-10,12,17H,4-5,11H2,1-3H3,(H,18,19). The van der Waals surface area contributed by atoms with E-state index in [1.165, 1.54) is 0 Å². The minimum atomic E-state index is 0.205. The molecule has 20 heavy (non-hydrogen) atoms. The summed E-state index contributed by atoms with van der Waals surface area (Å²) in [6.07, 6.45) is 1.19. The average molecular weight is 273 g/mol. The predicted molar refractivity (Wildman–Crippen MR) is 81.8 cm³/mol. The van der Waals surface area contributed by atoms with Gasteiger partial charge in [0, 0.05) is 17.8 Å². The summed E-state index contributed by atoms with van der Waals surface area (Å²) in [5, 5.41) is 10.7. The van der Waals surface area contributed by atoms with Crippen LogP contribution in [0.3, 0.4) is 0 Å². The molecule has 0 amide bonds. The monoisotopic (exact) mass is 273 g/mol. The van der Waals surface area contributed by atoms with Crippen molar-refractivity contribution in [2.24, 2.45) is 0 Å². The summed E-state index contributed by atoms with van der Waals surface area (Å²) in [4.78, 5) is 0. The van der Waals surface area contributed by atoms with Crippen LogP contribution in [0.15, 0.2) is 30.3 Å². The lowest BCUT2D eigenvalue weighted by Crippen LogP contribution is -2.11. The summed E-state index contributed by atoms with van der Waals surface area (Å²) < 4.78 is 5.97. The number of nitrogens with one attached hydrogen (secondary N) is 2. The first-order valence-electron chi connectivity index (χ1n) is 7.25. The summed E-state index contributed by atoms with van der Waals surface area (Å²) in [6.45, 7) is 8.04. The maximum atomic E-state index is 5.97. The van der Waals surface area contributed by atoms with Gasteiger partial charge in [0.25, 0.3) is 0 Å². The van der Waals surface area contributed by atoms with Gasteiger partial charge >= 0.3 is 0 Å². The van der Waals surface area contributed by atoms with Gasteiger partial charge in [0.2, 0.25) is 0 Å². The van der Waals surface area contributed by atoms with Gasteiger partial charge in [0.05, 0.1) is 11.8 Å². The van der Waals surface area contributed by atoms with Crippen LogP contribution < -0.4 is 10.1 Å². The number of para-hydroxylation sites is 1. The Morgan fingerprint density at radius 1 is 1.30 bits per heavy atom. The van der Waals surface area contributed by atoms with E-state index in [1.54, 1.807) is 0 Å². The van der Waals surface area contributed by atoms with Crippen molar-refractivity contribution >= 4 is 0 Å². The van der Waals surface area contributed by atoms with E-state index in [4.69, 9.17) is 4.74 Å². The molecule has 2 aromatic rings. The van der Waals surface area contributed by atoms with E-state index in [9.17, 15) is 0 Å². The van der Waals surface area contributed by atoms with Crippen LogP contribution in [0.25, 0.3) is 11.3 Å². The molecule has 0 radical (unpaired) electrons. The lowest BCUT2D eigenvalue weighted by molar-refractivity contribution is 0.218. The number of H-pyrrole nitrogens is 1. The number of ether oxygens (including phenoxy) is 1. The van der Waals surface area contributed by atoms with E-state index in [0.29, 0.717) is 0 Å². The Morgan fingerprint density at radius 3 is 2.85 bits per heavy atom. The topological polar surface area (TPSA) is 49.9 Å². The van der Waals surface area contributed by atoms with Gasteiger partial charge in [-0.1, -0.05) is 26.0 Å². The molecule has 4 heteroatoms. The van der Waals surface area contributed by atoms with Crippen LogP contribution >= 0.6 is 0 Å². The summed E-state index contributed by atoms with van der Waals surface area (Å²) in [7, 11) is 0. The molecule has 0 aliphatic rings. The first-order chi connectivity index (χ1) is 9.74. The highest BCUT2D eigenvalue weighted by molar-refractivity contribution is 5.67. The lowest BCUT2D eigenvalue weighted by Gasteiger charge is -2.15. The number of aromatic amines is 1. The normalized spacial score (nSPS) is 12.3. The minimum Gasteiger partial charge on any atom is -0.490 e. The van der Waals surface area contributed by atoms with Gasteiger partial charge in [-0.05, 0) is 38.1 Å². The van der Waals surface area contributed by atoms with E-state index < -0.39 is 0 Å². The molecule has 1 aromatic heterocycles. The van der Waals surface area contributed by atoms with Crippen LogP contribution in [-0.2, 0) is 6.54 Å². The quantitative estimate of drug-likeness (QED) is 0.813. The number of benzene rings is 1. The highest BCUT2D eigenvalue weighted by Gasteiger charge is 2.11. The number of aromatic nitrogens is 2. The SMILES string of the molecule is CCNCc1cc(-c2ccccc2OC(C)CC)n[nH]1. The van der Waals surface area contributed by atoms with Gasteiger partial charge in [-0.15, -0.1) is 0 Å². The first kappa shape index (κ1) is 14.6. The molecule has 0 bridgehead atoms. The van der Waals surface area contributed by atoms with Crippen molar-refractivity contribution in [1.29, 1.82) is 0 Å². The van der Waals surface area contributed by atoms with E-state index in [-0.39, 0.29) is 6.10 Å². The molecule has 108 valence electrons. The summed E-state index contributed by atoms with van der Waals surface area (Å²) in [5.74, 6) is 0.892. The molecular formula is C16H23N3O. The Hall–Kier alpha value is -1.81.